The van der Waals surface area contributed by atoms with Crippen molar-refractivity contribution < 1.29 is 19.1 Å². The molecule has 0 aromatic rings. The summed E-state index contributed by atoms with van der Waals surface area (Å²) in [5.74, 6) is -0.638. The van der Waals surface area contributed by atoms with Crippen LogP contribution in [0.25, 0.3) is 0 Å². The van der Waals surface area contributed by atoms with Gasteiger partial charge in [-0.15, -0.1) is 0 Å². The van der Waals surface area contributed by atoms with Crippen molar-refractivity contribution in [1.82, 2.24) is 10.2 Å². The summed E-state index contributed by atoms with van der Waals surface area (Å²) in [5.41, 5.74) is 0. The first kappa shape index (κ1) is 14.6. The first-order chi connectivity index (χ1) is 8.61. The van der Waals surface area contributed by atoms with Gasteiger partial charge in [0.1, 0.15) is 0 Å². The second-order valence-corrected chi connectivity index (χ2v) is 4.30. The molecule has 102 valence electrons. The quantitative estimate of drug-likeness (QED) is 0.396. The molecule has 0 aliphatic carbocycles. The normalized spacial score (nSPS) is 16.5. The van der Waals surface area contributed by atoms with Crippen molar-refractivity contribution >= 4 is 17.8 Å². The molecule has 2 amide bonds. The number of esters is 1. The van der Waals surface area contributed by atoms with Gasteiger partial charge in [0, 0.05) is 6.42 Å². The van der Waals surface area contributed by atoms with E-state index in [9.17, 15) is 14.4 Å². The SMILES string of the molecule is CCOC(=O)CCCCCN1CC(=O)NC(=O)C1. The Morgan fingerprint density at radius 2 is 1.89 bits per heavy atom. The Labute approximate surface area is 107 Å². The fraction of sp³-hybridized carbons (Fsp3) is 0.750. The van der Waals surface area contributed by atoms with E-state index >= 15 is 0 Å². The largest absolute Gasteiger partial charge is 0.466 e. The van der Waals surface area contributed by atoms with Crippen LogP contribution in [-0.2, 0) is 19.1 Å². The van der Waals surface area contributed by atoms with Crippen molar-refractivity contribution in [3.63, 3.8) is 0 Å². The Hall–Kier alpha value is -1.43. The van der Waals surface area contributed by atoms with E-state index in [0.29, 0.717) is 19.6 Å². The van der Waals surface area contributed by atoms with E-state index in [1.54, 1.807) is 6.92 Å². The maximum atomic E-state index is 11.1. The minimum atomic E-state index is -0.238. The van der Waals surface area contributed by atoms with Gasteiger partial charge in [0.25, 0.3) is 0 Å². The lowest BCUT2D eigenvalue weighted by molar-refractivity contribution is -0.143. The summed E-state index contributed by atoms with van der Waals surface area (Å²) in [4.78, 5) is 35.1. The fourth-order valence-electron chi connectivity index (χ4n) is 1.87. The molecule has 0 aromatic carbocycles. The number of carbonyl (C=O) groups is 3. The molecule has 1 saturated heterocycles. The zero-order chi connectivity index (χ0) is 13.4. The Morgan fingerprint density at radius 3 is 2.50 bits per heavy atom. The molecular weight excluding hydrogens is 236 g/mol. The van der Waals surface area contributed by atoms with E-state index in [0.717, 1.165) is 19.3 Å². The van der Waals surface area contributed by atoms with Crippen LogP contribution in [-0.4, -0.2) is 48.9 Å². The van der Waals surface area contributed by atoms with Crippen molar-refractivity contribution in [3.8, 4) is 0 Å². The summed E-state index contributed by atoms with van der Waals surface area (Å²) in [6.45, 7) is 3.48. The van der Waals surface area contributed by atoms with Gasteiger partial charge < -0.3 is 4.74 Å². The standard InChI is InChI=1S/C12H20N2O4/c1-2-18-12(17)6-4-3-5-7-14-8-10(15)13-11(16)9-14/h2-9H2,1H3,(H,13,15,16). The summed E-state index contributed by atoms with van der Waals surface area (Å²) in [5, 5.41) is 2.26. The van der Waals surface area contributed by atoms with E-state index in [2.05, 4.69) is 5.32 Å². The minimum absolute atomic E-state index is 0.162. The number of carbonyl (C=O) groups excluding carboxylic acids is 3. The van der Waals surface area contributed by atoms with Crippen molar-refractivity contribution in [2.45, 2.75) is 32.6 Å². The van der Waals surface area contributed by atoms with Crippen LogP contribution in [0.15, 0.2) is 0 Å². The predicted octanol–water partition coefficient (Wildman–Crippen LogP) is 0.0683. The lowest BCUT2D eigenvalue weighted by atomic mass is 10.2. The highest BCUT2D eigenvalue weighted by atomic mass is 16.5. The lowest BCUT2D eigenvalue weighted by Gasteiger charge is -2.24. The van der Waals surface area contributed by atoms with Crippen molar-refractivity contribution in [1.29, 1.82) is 0 Å². The second-order valence-electron chi connectivity index (χ2n) is 4.30. The van der Waals surface area contributed by atoms with E-state index in [-0.39, 0.29) is 30.9 Å². The first-order valence-electron chi connectivity index (χ1n) is 6.32. The van der Waals surface area contributed by atoms with Crippen LogP contribution in [0.2, 0.25) is 0 Å². The van der Waals surface area contributed by atoms with Crippen LogP contribution in [0.1, 0.15) is 32.6 Å². The van der Waals surface area contributed by atoms with Crippen LogP contribution in [0, 0.1) is 0 Å². The fourth-order valence-corrected chi connectivity index (χ4v) is 1.87. The number of imide groups is 1. The zero-order valence-corrected chi connectivity index (χ0v) is 10.7. The van der Waals surface area contributed by atoms with E-state index < -0.39 is 0 Å². The minimum Gasteiger partial charge on any atom is -0.466 e. The number of amides is 2. The van der Waals surface area contributed by atoms with Gasteiger partial charge in [0.15, 0.2) is 0 Å². The lowest BCUT2D eigenvalue weighted by Crippen LogP contribution is -2.51. The third kappa shape index (κ3) is 5.77. The summed E-state index contributed by atoms with van der Waals surface area (Å²) < 4.78 is 4.82. The number of hydrogen-bond acceptors (Lipinski definition) is 5. The van der Waals surface area contributed by atoms with E-state index in [4.69, 9.17) is 4.74 Å². The maximum Gasteiger partial charge on any atom is 0.305 e. The smallest absolute Gasteiger partial charge is 0.305 e. The van der Waals surface area contributed by atoms with Crippen LogP contribution < -0.4 is 5.32 Å². The second kappa shape index (κ2) is 7.81. The Balaban J connectivity index is 2.05. The molecule has 1 aliphatic heterocycles. The molecule has 0 aromatic heterocycles. The van der Waals surface area contributed by atoms with Crippen LogP contribution in [0.5, 0.6) is 0 Å². The van der Waals surface area contributed by atoms with Crippen LogP contribution in [0.3, 0.4) is 0 Å². The van der Waals surface area contributed by atoms with Gasteiger partial charge in [0.2, 0.25) is 11.8 Å². The highest BCUT2D eigenvalue weighted by Crippen LogP contribution is 2.04. The summed E-state index contributed by atoms with van der Waals surface area (Å²) >= 11 is 0. The number of piperazine rings is 1. The molecule has 1 N–H and O–H groups in total. The van der Waals surface area contributed by atoms with Gasteiger partial charge in [-0.25, -0.2) is 0 Å². The number of ether oxygens (including phenoxy) is 1. The van der Waals surface area contributed by atoms with Gasteiger partial charge in [-0.1, -0.05) is 6.42 Å². The van der Waals surface area contributed by atoms with Gasteiger partial charge in [-0.2, -0.15) is 0 Å². The highest BCUT2D eigenvalue weighted by Gasteiger charge is 2.21. The highest BCUT2D eigenvalue weighted by molar-refractivity contribution is 5.99. The molecule has 0 spiro atoms. The molecule has 6 heteroatoms. The molecule has 0 atom stereocenters. The third-order valence-corrected chi connectivity index (χ3v) is 2.67. The molecule has 0 radical (unpaired) electrons. The molecule has 6 nitrogen and oxygen atoms in total. The number of nitrogens with zero attached hydrogens (tertiary/aromatic N) is 1. The number of unbranched alkanes of at least 4 members (excludes halogenated alkanes) is 2. The topological polar surface area (TPSA) is 75.7 Å². The van der Waals surface area contributed by atoms with Crippen molar-refractivity contribution in [2.24, 2.45) is 0 Å². The zero-order valence-electron chi connectivity index (χ0n) is 10.7. The molecule has 1 heterocycles. The van der Waals surface area contributed by atoms with Crippen molar-refractivity contribution in [3.05, 3.63) is 0 Å². The molecule has 0 unspecified atom stereocenters. The molecular formula is C12H20N2O4. The number of nitrogens with one attached hydrogen (secondary N) is 1. The molecule has 1 aliphatic rings. The Bertz CT molecular complexity index is 301. The summed E-state index contributed by atoms with van der Waals surface area (Å²) in [7, 11) is 0. The first-order valence-corrected chi connectivity index (χ1v) is 6.32. The maximum absolute atomic E-state index is 11.1. The Morgan fingerprint density at radius 1 is 1.22 bits per heavy atom. The van der Waals surface area contributed by atoms with Gasteiger partial charge in [0.05, 0.1) is 19.7 Å². The average molecular weight is 256 g/mol. The molecule has 18 heavy (non-hydrogen) atoms. The van der Waals surface area contributed by atoms with E-state index in [1.807, 2.05) is 4.90 Å². The van der Waals surface area contributed by atoms with E-state index in [1.165, 1.54) is 0 Å². The molecule has 1 fully saturated rings. The molecule has 0 bridgehead atoms. The van der Waals surface area contributed by atoms with Crippen LogP contribution in [0.4, 0.5) is 0 Å². The third-order valence-electron chi connectivity index (χ3n) is 2.67. The Kier molecular flexibility index (Phi) is 6.35. The summed E-state index contributed by atoms with van der Waals surface area (Å²) in [6, 6.07) is 0. The molecule has 0 saturated carbocycles. The van der Waals surface area contributed by atoms with Gasteiger partial charge in [-0.3, -0.25) is 24.6 Å². The number of rotatable bonds is 7. The molecule has 1 rings (SSSR count). The monoisotopic (exact) mass is 256 g/mol. The number of hydrogen-bond donors (Lipinski definition) is 1. The van der Waals surface area contributed by atoms with Gasteiger partial charge in [-0.05, 0) is 26.3 Å². The summed E-state index contributed by atoms with van der Waals surface area (Å²) in [6.07, 6.45) is 2.99. The van der Waals surface area contributed by atoms with Crippen LogP contribution >= 0.6 is 0 Å². The van der Waals surface area contributed by atoms with Crippen molar-refractivity contribution in [2.75, 3.05) is 26.2 Å². The van der Waals surface area contributed by atoms with Gasteiger partial charge >= 0.3 is 5.97 Å². The average Bonchev–Trinajstić information content (AvgIpc) is 2.27. The predicted molar refractivity (Wildman–Crippen MR) is 64.7 cm³/mol.